The highest BCUT2D eigenvalue weighted by molar-refractivity contribution is 6.47. The van der Waals surface area contributed by atoms with Crippen LogP contribution in [0.1, 0.15) is 23.6 Å². The molecule has 1 amide bonds. The van der Waals surface area contributed by atoms with Crippen LogP contribution in [-0.4, -0.2) is 48.8 Å². The number of rotatable bonds is 10. The molecule has 174 valence electrons. The fourth-order valence-electron chi connectivity index (χ4n) is 2.66. The van der Waals surface area contributed by atoms with E-state index < -0.39 is 17.5 Å². The molecule has 12 heteroatoms. The lowest BCUT2D eigenvalue weighted by atomic mass is 10.0. The number of oxime groups is 4. The summed E-state index contributed by atoms with van der Waals surface area (Å²) in [6, 6.07) is 9.66. The minimum absolute atomic E-state index is 0.00703. The molecule has 0 aliphatic rings. The second-order valence-corrected chi connectivity index (χ2v) is 6.19. The van der Waals surface area contributed by atoms with Gasteiger partial charge in [0.2, 0.25) is 0 Å². The standard InChI is InChI=1S/C21H21F2N5O5/c1-13(19(27-31-2)17-9-8-15(22)10-18(17)23)26-33-11-14-6-4-5-7-16(14)20(28-32-3)21(29)24-12-25-30/h4-10,12,30H,11H2,1-3H3,(H,24,25,29). The molecule has 0 aliphatic heterocycles. The Bertz CT molecular complexity index is 1100. The van der Waals surface area contributed by atoms with Crippen LogP contribution >= 0.6 is 0 Å². The molecular weight excluding hydrogens is 440 g/mol. The summed E-state index contributed by atoms with van der Waals surface area (Å²) in [5, 5.41) is 24.8. The minimum atomic E-state index is -0.844. The summed E-state index contributed by atoms with van der Waals surface area (Å²) in [5.41, 5.74) is 0.910. The zero-order valence-corrected chi connectivity index (χ0v) is 18.0. The molecule has 0 heterocycles. The first-order chi connectivity index (χ1) is 15.9. The SMILES string of the molecule is CON=C(C(C)=NOCc1ccccc1C(=NOC)C(=O)NC=NO)c1ccc(F)cc1F. The van der Waals surface area contributed by atoms with E-state index in [0.29, 0.717) is 17.2 Å². The van der Waals surface area contributed by atoms with Gasteiger partial charge in [0.1, 0.15) is 50.2 Å². The van der Waals surface area contributed by atoms with Crippen molar-refractivity contribution in [2.75, 3.05) is 14.2 Å². The van der Waals surface area contributed by atoms with Gasteiger partial charge in [0, 0.05) is 22.8 Å². The van der Waals surface area contributed by atoms with Crippen molar-refractivity contribution in [3.05, 3.63) is 70.8 Å². The molecule has 0 saturated heterocycles. The van der Waals surface area contributed by atoms with E-state index >= 15 is 0 Å². The van der Waals surface area contributed by atoms with E-state index in [1.54, 1.807) is 24.3 Å². The smallest absolute Gasteiger partial charge is 0.279 e. The predicted octanol–water partition coefficient (Wildman–Crippen LogP) is 2.79. The molecular formula is C21H21F2N5O5. The van der Waals surface area contributed by atoms with E-state index in [4.69, 9.17) is 19.7 Å². The number of hydrogen-bond acceptors (Lipinski definition) is 9. The quantitative estimate of drug-likeness (QED) is 0.244. The predicted molar refractivity (Wildman–Crippen MR) is 116 cm³/mol. The monoisotopic (exact) mass is 461 g/mol. The molecule has 0 radical (unpaired) electrons. The lowest BCUT2D eigenvalue weighted by molar-refractivity contribution is -0.113. The Hall–Kier alpha value is -4.35. The fraction of sp³-hybridized carbons (Fsp3) is 0.190. The van der Waals surface area contributed by atoms with Crippen molar-refractivity contribution in [3.8, 4) is 0 Å². The van der Waals surface area contributed by atoms with Crippen LogP contribution in [0.5, 0.6) is 0 Å². The summed E-state index contributed by atoms with van der Waals surface area (Å²) in [4.78, 5) is 27.2. The van der Waals surface area contributed by atoms with Crippen LogP contribution in [0.4, 0.5) is 8.78 Å². The number of benzene rings is 2. The number of nitrogens with zero attached hydrogens (tertiary/aromatic N) is 4. The normalized spacial score (nSPS) is 12.6. The Kier molecular flexibility index (Phi) is 9.43. The van der Waals surface area contributed by atoms with E-state index in [1.807, 2.05) is 0 Å². The Labute approximate surface area is 187 Å². The van der Waals surface area contributed by atoms with Gasteiger partial charge in [-0.05, 0) is 19.1 Å². The van der Waals surface area contributed by atoms with Crippen LogP contribution in [0.2, 0.25) is 0 Å². The van der Waals surface area contributed by atoms with Crippen LogP contribution in [-0.2, 0) is 25.9 Å². The van der Waals surface area contributed by atoms with Gasteiger partial charge in [0.15, 0.2) is 5.71 Å². The number of nitrogens with one attached hydrogen (secondary N) is 1. The number of halogens is 2. The van der Waals surface area contributed by atoms with Crippen LogP contribution in [0.15, 0.2) is 63.1 Å². The molecule has 0 atom stereocenters. The third-order valence-electron chi connectivity index (χ3n) is 4.06. The van der Waals surface area contributed by atoms with E-state index in [0.717, 1.165) is 12.4 Å². The molecule has 2 aromatic rings. The van der Waals surface area contributed by atoms with Gasteiger partial charge in [-0.1, -0.05) is 44.9 Å². The molecule has 0 spiro atoms. The number of hydrogen-bond donors (Lipinski definition) is 2. The fourth-order valence-corrected chi connectivity index (χ4v) is 2.66. The topological polar surface area (TPSA) is 126 Å². The Morgan fingerprint density at radius 3 is 2.39 bits per heavy atom. The van der Waals surface area contributed by atoms with Gasteiger partial charge in [-0.2, -0.15) is 0 Å². The third-order valence-corrected chi connectivity index (χ3v) is 4.06. The third kappa shape index (κ3) is 6.82. The second-order valence-electron chi connectivity index (χ2n) is 6.19. The first-order valence-corrected chi connectivity index (χ1v) is 9.32. The average molecular weight is 461 g/mol. The summed E-state index contributed by atoms with van der Waals surface area (Å²) in [7, 11) is 2.54. The number of carbonyl (C=O) groups excluding carboxylic acids is 1. The summed E-state index contributed by atoms with van der Waals surface area (Å²) < 4.78 is 27.4. The van der Waals surface area contributed by atoms with Crippen molar-refractivity contribution < 1.29 is 33.3 Å². The van der Waals surface area contributed by atoms with Gasteiger partial charge >= 0.3 is 0 Å². The van der Waals surface area contributed by atoms with Crippen LogP contribution in [0.25, 0.3) is 0 Å². The summed E-state index contributed by atoms with van der Waals surface area (Å²) in [6.45, 7) is 1.40. The van der Waals surface area contributed by atoms with Crippen molar-refractivity contribution in [3.63, 3.8) is 0 Å². The van der Waals surface area contributed by atoms with Gasteiger partial charge < -0.3 is 25.0 Å². The molecule has 0 aromatic heterocycles. The summed E-state index contributed by atoms with van der Waals surface area (Å²) in [6.07, 6.45) is 0.783. The van der Waals surface area contributed by atoms with Crippen molar-refractivity contribution in [2.24, 2.45) is 20.6 Å². The maximum absolute atomic E-state index is 14.2. The Morgan fingerprint density at radius 1 is 1.03 bits per heavy atom. The van der Waals surface area contributed by atoms with E-state index in [1.165, 1.54) is 27.2 Å². The van der Waals surface area contributed by atoms with Gasteiger partial charge in [-0.3, -0.25) is 4.79 Å². The highest BCUT2D eigenvalue weighted by atomic mass is 19.1. The van der Waals surface area contributed by atoms with Crippen molar-refractivity contribution in [2.45, 2.75) is 13.5 Å². The second kappa shape index (κ2) is 12.5. The van der Waals surface area contributed by atoms with E-state index in [2.05, 4.69) is 25.9 Å². The lowest BCUT2D eigenvalue weighted by Crippen LogP contribution is -2.31. The molecule has 0 saturated carbocycles. The molecule has 0 bridgehead atoms. The Morgan fingerprint density at radius 2 is 1.73 bits per heavy atom. The van der Waals surface area contributed by atoms with Crippen molar-refractivity contribution in [1.29, 1.82) is 0 Å². The first kappa shape index (κ1) is 24.9. The summed E-state index contributed by atoms with van der Waals surface area (Å²) >= 11 is 0. The number of carbonyl (C=O) groups is 1. The van der Waals surface area contributed by atoms with Crippen molar-refractivity contribution in [1.82, 2.24) is 5.32 Å². The zero-order chi connectivity index (χ0) is 24.2. The maximum Gasteiger partial charge on any atom is 0.279 e. The Balaban J connectivity index is 2.28. The van der Waals surface area contributed by atoms with Gasteiger partial charge in [-0.15, -0.1) is 0 Å². The molecule has 2 rings (SSSR count). The average Bonchev–Trinajstić information content (AvgIpc) is 2.80. The van der Waals surface area contributed by atoms with Gasteiger partial charge in [-0.25, -0.2) is 8.78 Å². The maximum atomic E-state index is 14.2. The van der Waals surface area contributed by atoms with Gasteiger partial charge in [0.25, 0.3) is 5.91 Å². The van der Waals surface area contributed by atoms with Crippen LogP contribution in [0.3, 0.4) is 0 Å². The molecule has 0 aliphatic carbocycles. The lowest BCUT2D eigenvalue weighted by Gasteiger charge is -2.11. The molecule has 10 nitrogen and oxygen atoms in total. The van der Waals surface area contributed by atoms with Crippen LogP contribution < -0.4 is 5.32 Å². The summed E-state index contributed by atoms with van der Waals surface area (Å²) in [5.74, 6) is -2.27. The highest BCUT2D eigenvalue weighted by Gasteiger charge is 2.19. The zero-order valence-electron chi connectivity index (χ0n) is 18.0. The van der Waals surface area contributed by atoms with E-state index in [9.17, 15) is 13.6 Å². The molecule has 2 N–H and O–H groups in total. The minimum Gasteiger partial charge on any atom is -0.410 e. The molecule has 2 aromatic carbocycles. The van der Waals surface area contributed by atoms with Crippen LogP contribution in [0, 0.1) is 11.6 Å². The van der Waals surface area contributed by atoms with E-state index in [-0.39, 0.29) is 29.3 Å². The highest BCUT2D eigenvalue weighted by Crippen LogP contribution is 2.15. The van der Waals surface area contributed by atoms with Gasteiger partial charge in [0.05, 0.1) is 0 Å². The largest absolute Gasteiger partial charge is 0.410 e. The number of amides is 1. The molecule has 0 fully saturated rings. The first-order valence-electron chi connectivity index (χ1n) is 9.32. The molecule has 33 heavy (non-hydrogen) atoms. The molecule has 0 unspecified atom stereocenters. The van der Waals surface area contributed by atoms with Crippen molar-refractivity contribution >= 4 is 29.4 Å².